The predicted molar refractivity (Wildman–Crippen MR) is 120 cm³/mol. The van der Waals surface area contributed by atoms with E-state index in [1.54, 1.807) is 50.2 Å². The molecular formula is C22H28N2O6S. The highest BCUT2D eigenvalue weighted by molar-refractivity contribution is 7.92. The monoisotopic (exact) mass is 448 g/mol. The molecule has 0 radical (unpaired) electrons. The third-order valence-electron chi connectivity index (χ3n) is 4.66. The number of nitrogens with zero attached hydrogens (tertiary/aromatic N) is 1. The maximum Gasteiger partial charge on any atom is 0.338 e. The van der Waals surface area contributed by atoms with Crippen LogP contribution in [0.25, 0.3) is 0 Å². The molecular weight excluding hydrogens is 420 g/mol. The highest BCUT2D eigenvalue weighted by Gasteiger charge is 2.31. The summed E-state index contributed by atoms with van der Waals surface area (Å²) in [5.41, 5.74) is 2.58. The van der Waals surface area contributed by atoms with Crippen LogP contribution >= 0.6 is 0 Å². The van der Waals surface area contributed by atoms with Gasteiger partial charge in [-0.2, -0.15) is 0 Å². The Morgan fingerprint density at radius 2 is 1.81 bits per heavy atom. The Bertz CT molecular complexity index is 1080. The normalized spacial score (nSPS) is 12.1. The van der Waals surface area contributed by atoms with Crippen molar-refractivity contribution in [3.8, 4) is 5.75 Å². The molecule has 0 fully saturated rings. The van der Waals surface area contributed by atoms with Gasteiger partial charge in [0.1, 0.15) is 11.8 Å². The first-order chi connectivity index (χ1) is 14.5. The van der Waals surface area contributed by atoms with Gasteiger partial charge in [-0.1, -0.05) is 6.07 Å². The third-order valence-corrected chi connectivity index (χ3v) is 5.88. The number of benzene rings is 2. The Hall–Kier alpha value is -3.07. The standard InChI is InChI=1S/C22H28N2O6S/c1-7-30-22(26)17-9-10-18(15(3)13-17)23-21(25)16(4)24(31(6,27)28)19-12-14(2)8-11-20(19)29-5/h8-13,16H,7H2,1-6H3,(H,23,25). The quantitative estimate of drug-likeness (QED) is 0.622. The molecule has 0 aliphatic carbocycles. The number of methoxy groups -OCH3 is 1. The summed E-state index contributed by atoms with van der Waals surface area (Å²) in [5, 5.41) is 2.74. The number of nitrogens with one attached hydrogen (secondary N) is 1. The third kappa shape index (κ3) is 5.75. The van der Waals surface area contributed by atoms with Crippen LogP contribution in [0.15, 0.2) is 36.4 Å². The Morgan fingerprint density at radius 3 is 2.35 bits per heavy atom. The minimum absolute atomic E-state index is 0.262. The van der Waals surface area contributed by atoms with E-state index >= 15 is 0 Å². The second kappa shape index (κ2) is 9.82. The summed E-state index contributed by atoms with van der Waals surface area (Å²) in [6.45, 7) is 7.04. The molecule has 0 spiro atoms. The van der Waals surface area contributed by atoms with Crippen molar-refractivity contribution in [3.63, 3.8) is 0 Å². The van der Waals surface area contributed by atoms with E-state index in [2.05, 4.69) is 5.32 Å². The fraction of sp³-hybridized carbons (Fsp3) is 0.364. The van der Waals surface area contributed by atoms with Gasteiger partial charge in [0.2, 0.25) is 15.9 Å². The van der Waals surface area contributed by atoms with Crippen LogP contribution in [0, 0.1) is 13.8 Å². The summed E-state index contributed by atoms with van der Waals surface area (Å²) < 4.78 is 36.5. The lowest BCUT2D eigenvalue weighted by Gasteiger charge is -2.29. The highest BCUT2D eigenvalue weighted by Crippen LogP contribution is 2.33. The van der Waals surface area contributed by atoms with E-state index in [0.29, 0.717) is 22.6 Å². The number of carbonyl (C=O) groups is 2. The molecule has 1 unspecified atom stereocenters. The van der Waals surface area contributed by atoms with Gasteiger partial charge in [-0.25, -0.2) is 13.2 Å². The van der Waals surface area contributed by atoms with Crippen molar-refractivity contribution in [2.75, 3.05) is 29.6 Å². The van der Waals surface area contributed by atoms with Crippen LogP contribution in [0.2, 0.25) is 0 Å². The molecule has 1 amide bonds. The fourth-order valence-corrected chi connectivity index (χ4v) is 4.31. The van der Waals surface area contributed by atoms with Crippen LogP contribution in [0.5, 0.6) is 5.75 Å². The number of aryl methyl sites for hydroxylation is 2. The molecule has 0 saturated carbocycles. The maximum atomic E-state index is 13.0. The molecule has 0 saturated heterocycles. The molecule has 1 N–H and O–H groups in total. The van der Waals surface area contributed by atoms with Gasteiger partial charge < -0.3 is 14.8 Å². The first-order valence-electron chi connectivity index (χ1n) is 9.72. The van der Waals surface area contributed by atoms with Gasteiger partial charge in [-0.15, -0.1) is 0 Å². The number of rotatable bonds is 8. The van der Waals surface area contributed by atoms with Crippen molar-refractivity contribution in [2.24, 2.45) is 0 Å². The van der Waals surface area contributed by atoms with Crippen LogP contribution in [-0.2, 0) is 19.6 Å². The predicted octanol–water partition coefficient (Wildman–Crippen LogP) is 3.28. The van der Waals surface area contributed by atoms with E-state index in [0.717, 1.165) is 16.1 Å². The van der Waals surface area contributed by atoms with E-state index in [4.69, 9.17) is 9.47 Å². The van der Waals surface area contributed by atoms with E-state index in [1.165, 1.54) is 14.0 Å². The van der Waals surface area contributed by atoms with Gasteiger partial charge in [0.25, 0.3) is 0 Å². The first kappa shape index (κ1) is 24.2. The number of esters is 1. The summed E-state index contributed by atoms with van der Waals surface area (Å²) in [5.74, 6) is -0.641. The number of hydrogen-bond donors (Lipinski definition) is 1. The van der Waals surface area contributed by atoms with E-state index < -0.39 is 27.9 Å². The van der Waals surface area contributed by atoms with Crippen LogP contribution in [0.3, 0.4) is 0 Å². The number of amides is 1. The number of hydrogen-bond acceptors (Lipinski definition) is 6. The summed E-state index contributed by atoms with van der Waals surface area (Å²) in [6.07, 6.45) is 1.04. The zero-order valence-corrected chi connectivity index (χ0v) is 19.4. The second-order valence-corrected chi connectivity index (χ2v) is 9.01. The first-order valence-corrected chi connectivity index (χ1v) is 11.6. The smallest absolute Gasteiger partial charge is 0.338 e. The molecule has 0 heterocycles. The Labute approximate surface area is 183 Å². The molecule has 8 nitrogen and oxygen atoms in total. The van der Waals surface area contributed by atoms with Gasteiger partial charge >= 0.3 is 5.97 Å². The Kier molecular flexibility index (Phi) is 7.67. The fourth-order valence-electron chi connectivity index (χ4n) is 3.14. The topological polar surface area (TPSA) is 102 Å². The van der Waals surface area contributed by atoms with Crippen LogP contribution in [-0.4, -0.2) is 46.3 Å². The molecule has 168 valence electrons. The molecule has 0 aliphatic heterocycles. The molecule has 0 aliphatic rings. The van der Waals surface area contributed by atoms with E-state index in [-0.39, 0.29) is 12.3 Å². The average Bonchev–Trinajstić information content (AvgIpc) is 2.68. The van der Waals surface area contributed by atoms with Gasteiger partial charge in [0.15, 0.2) is 0 Å². The maximum absolute atomic E-state index is 13.0. The Balaban J connectivity index is 2.35. The van der Waals surface area contributed by atoms with Gasteiger partial charge in [-0.05, 0) is 69.2 Å². The average molecular weight is 449 g/mol. The van der Waals surface area contributed by atoms with Crippen molar-refractivity contribution in [3.05, 3.63) is 53.1 Å². The van der Waals surface area contributed by atoms with Crippen LogP contribution < -0.4 is 14.4 Å². The Morgan fingerprint density at radius 1 is 1.13 bits per heavy atom. The van der Waals surface area contributed by atoms with Crippen LogP contribution in [0.4, 0.5) is 11.4 Å². The molecule has 0 aromatic heterocycles. The number of anilines is 2. The molecule has 2 aromatic carbocycles. The summed E-state index contributed by atoms with van der Waals surface area (Å²) in [7, 11) is -2.37. The molecule has 0 bridgehead atoms. The number of sulfonamides is 1. The van der Waals surface area contributed by atoms with Crippen molar-refractivity contribution in [1.82, 2.24) is 0 Å². The van der Waals surface area contributed by atoms with Gasteiger partial charge in [0, 0.05) is 5.69 Å². The van der Waals surface area contributed by atoms with Crippen molar-refractivity contribution < 1.29 is 27.5 Å². The zero-order valence-electron chi connectivity index (χ0n) is 18.6. The SMILES string of the molecule is CCOC(=O)c1ccc(NC(=O)C(C)N(c2cc(C)ccc2OC)S(C)(=O)=O)c(C)c1. The summed E-state index contributed by atoms with van der Waals surface area (Å²) >= 11 is 0. The molecule has 31 heavy (non-hydrogen) atoms. The molecule has 9 heteroatoms. The zero-order chi connectivity index (χ0) is 23.3. The lowest BCUT2D eigenvalue weighted by Crippen LogP contribution is -2.45. The number of carbonyl (C=O) groups excluding carboxylic acids is 2. The molecule has 2 aromatic rings. The van der Waals surface area contributed by atoms with Gasteiger partial charge in [0.05, 0.1) is 31.2 Å². The van der Waals surface area contributed by atoms with Crippen LogP contribution in [0.1, 0.15) is 35.3 Å². The summed E-state index contributed by atoms with van der Waals surface area (Å²) in [6, 6.07) is 8.79. The molecule has 2 rings (SSSR count). The minimum atomic E-state index is -3.81. The van der Waals surface area contributed by atoms with Crippen molar-refractivity contribution >= 4 is 33.3 Å². The second-order valence-electron chi connectivity index (χ2n) is 7.15. The highest BCUT2D eigenvalue weighted by atomic mass is 32.2. The minimum Gasteiger partial charge on any atom is -0.495 e. The molecule has 1 atom stereocenters. The lowest BCUT2D eigenvalue weighted by molar-refractivity contribution is -0.116. The lowest BCUT2D eigenvalue weighted by atomic mass is 10.1. The number of ether oxygens (including phenoxy) is 2. The van der Waals surface area contributed by atoms with E-state index in [9.17, 15) is 18.0 Å². The van der Waals surface area contributed by atoms with Gasteiger partial charge in [-0.3, -0.25) is 9.10 Å². The largest absolute Gasteiger partial charge is 0.495 e. The summed E-state index contributed by atoms with van der Waals surface area (Å²) in [4.78, 5) is 24.9. The van der Waals surface area contributed by atoms with E-state index in [1.807, 2.05) is 6.92 Å². The van der Waals surface area contributed by atoms with Crippen molar-refractivity contribution in [2.45, 2.75) is 33.7 Å². The van der Waals surface area contributed by atoms with Crippen molar-refractivity contribution in [1.29, 1.82) is 0 Å².